The molecule has 2 rings (SSSR count). The third-order valence-corrected chi connectivity index (χ3v) is 3.53. The van der Waals surface area contributed by atoms with Crippen molar-refractivity contribution in [1.82, 2.24) is 10.5 Å². The largest absolute Gasteiger partial charge is 0.361 e. The lowest BCUT2D eigenvalue weighted by Crippen LogP contribution is -2.22. The van der Waals surface area contributed by atoms with Gasteiger partial charge in [0.25, 0.3) is 5.69 Å². The molecule has 1 aromatic carbocycles. The Kier molecular flexibility index (Phi) is 4.70. The topological polar surface area (TPSA) is 81.2 Å². The van der Waals surface area contributed by atoms with Gasteiger partial charge < -0.3 is 9.84 Å². The van der Waals surface area contributed by atoms with Crippen molar-refractivity contribution >= 4 is 5.69 Å². The van der Waals surface area contributed by atoms with Gasteiger partial charge in [0.05, 0.1) is 10.6 Å². The van der Waals surface area contributed by atoms with E-state index in [0.717, 1.165) is 35.5 Å². The van der Waals surface area contributed by atoms with Crippen LogP contribution in [0, 0.1) is 24.0 Å². The first-order chi connectivity index (χ1) is 9.99. The molecule has 0 amide bonds. The van der Waals surface area contributed by atoms with E-state index in [2.05, 4.69) is 17.4 Å². The molecular formula is C15H19N3O3. The molecule has 0 aliphatic carbocycles. The van der Waals surface area contributed by atoms with E-state index in [1.54, 1.807) is 12.1 Å². The number of non-ortho nitro benzene ring substituents is 1. The Morgan fingerprint density at radius 2 is 2.00 bits per heavy atom. The molecule has 0 aliphatic heterocycles. The fraction of sp³-hybridized carbons (Fsp3) is 0.400. The molecule has 6 nitrogen and oxygen atoms in total. The Balaban J connectivity index is 1.88. The minimum atomic E-state index is -0.387. The number of rotatable bonds is 6. The molecule has 0 aliphatic rings. The second-order valence-corrected chi connectivity index (χ2v) is 5.09. The first-order valence-corrected chi connectivity index (χ1v) is 6.88. The van der Waals surface area contributed by atoms with Crippen molar-refractivity contribution in [1.29, 1.82) is 0 Å². The lowest BCUT2D eigenvalue weighted by Gasteiger charge is -2.13. The van der Waals surface area contributed by atoms with E-state index in [0.29, 0.717) is 0 Å². The van der Waals surface area contributed by atoms with Crippen LogP contribution in [-0.2, 0) is 6.42 Å². The minimum Gasteiger partial charge on any atom is -0.361 e. The maximum atomic E-state index is 10.6. The fourth-order valence-corrected chi connectivity index (χ4v) is 2.43. The summed E-state index contributed by atoms with van der Waals surface area (Å²) in [5, 5.41) is 18.0. The molecule has 0 bridgehead atoms. The van der Waals surface area contributed by atoms with Crippen LogP contribution in [0.5, 0.6) is 0 Å². The zero-order valence-electron chi connectivity index (χ0n) is 12.4. The summed E-state index contributed by atoms with van der Waals surface area (Å²) >= 11 is 0. The van der Waals surface area contributed by atoms with Crippen LogP contribution in [0.15, 0.2) is 28.8 Å². The van der Waals surface area contributed by atoms with E-state index in [9.17, 15) is 10.1 Å². The number of aromatic nitrogens is 1. The lowest BCUT2D eigenvalue weighted by molar-refractivity contribution is -0.384. The summed E-state index contributed by atoms with van der Waals surface area (Å²) < 4.78 is 5.16. The number of hydrogen-bond donors (Lipinski definition) is 1. The van der Waals surface area contributed by atoms with E-state index < -0.39 is 0 Å². The summed E-state index contributed by atoms with van der Waals surface area (Å²) in [7, 11) is 0. The molecule has 1 unspecified atom stereocenters. The van der Waals surface area contributed by atoms with Crippen LogP contribution in [0.3, 0.4) is 0 Å². The molecule has 0 spiro atoms. The molecular weight excluding hydrogens is 270 g/mol. The van der Waals surface area contributed by atoms with Crippen LogP contribution < -0.4 is 5.32 Å². The molecule has 21 heavy (non-hydrogen) atoms. The molecule has 6 heteroatoms. The average molecular weight is 289 g/mol. The molecule has 0 saturated carbocycles. The molecule has 112 valence electrons. The lowest BCUT2D eigenvalue weighted by atomic mass is 10.1. The van der Waals surface area contributed by atoms with Gasteiger partial charge in [0.15, 0.2) is 0 Å². The predicted molar refractivity (Wildman–Crippen MR) is 79.2 cm³/mol. The summed E-state index contributed by atoms with van der Waals surface area (Å²) in [6.07, 6.45) is 0.811. The number of nitrogens with zero attached hydrogens (tertiary/aromatic N) is 2. The molecule has 2 aromatic rings. The van der Waals surface area contributed by atoms with E-state index in [4.69, 9.17) is 4.52 Å². The Bertz CT molecular complexity index is 600. The third-order valence-electron chi connectivity index (χ3n) is 3.53. The first kappa shape index (κ1) is 15.2. The molecule has 1 heterocycles. The zero-order chi connectivity index (χ0) is 15.4. The maximum absolute atomic E-state index is 10.6. The number of nitrogens with one attached hydrogen (secondary N) is 1. The van der Waals surface area contributed by atoms with Crippen molar-refractivity contribution in [2.75, 3.05) is 6.54 Å². The smallest absolute Gasteiger partial charge is 0.269 e. The van der Waals surface area contributed by atoms with Crippen molar-refractivity contribution in [3.8, 4) is 0 Å². The minimum absolute atomic E-state index is 0.121. The van der Waals surface area contributed by atoms with E-state index in [1.165, 1.54) is 12.1 Å². The number of aryl methyl sites for hydroxylation is 2. The second-order valence-electron chi connectivity index (χ2n) is 5.09. The van der Waals surface area contributed by atoms with Crippen LogP contribution in [0.25, 0.3) is 0 Å². The van der Waals surface area contributed by atoms with E-state index in [1.807, 2.05) is 13.8 Å². The quantitative estimate of drug-likeness (QED) is 0.652. The van der Waals surface area contributed by atoms with Gasteiger partial charge in [0.2, 0.25) is 0 Å². The van der Waals surface area contributed by atoms with Gasteiger partial charge in [-0.15, -0.1) is 0 Å². The highest BCUT2D eigenvalue weighted by Gasteiger charge is 2.15. The monoisotopic (exact) mass is 289 g/mol. The van der Waals surface area contributed by atoms with Gasteiger partial charge in [-0.3, -0.25) is 10.1 Å². The molecule has 0 fully saturated rings. The van der Waals surface area contributed by atoms with Crippen molar-refractivity contribution < 1.29 is 9.45 Å². The number of nitro benzene ring substituents is 1. The van der Waals surface area contributed by atoms with Crippen molar-refractivity contribution in [2.45, 2.75) is 33.2 Å². The number of benzene rings is 1. The summed E-state index contributed by atoms with van der Waals surface area (Å²) in [4.78, 5) is 10.2. The molecule has 0 saturated heterocycles. The summed E-state index contributed by atoms with van der Waals surface area (Å²) in [6.45, 7) is 6.69. The third kappa shape index (κ3) is 3.66. The average Bonchev–Trinajstić information content (AvgIpc) is 2.78. The highest BCUT2D eigenvalue weighted by atomic mass is 16.6. The Morgan fingerprint density at radius 1 is 1.33 bits per heavy atom. The second kappa shape index (κ2) is 6.49. The van der Waals surface area contributed by atoms with Gasteiger partial charge in [0, 0.05) is 23.7 Å². The van der Waals surface area contributed by atoms with Crippen LogP contribution >= 0.6 is 0 Å². The highest BCUT2D eigenvalue weighted by molar-refractivity contribution is 5.33. The van der Waals surface area contributed by atoms with Crippen LogP contribution in [0.4, 0.5) is 5.69 Å². The maximum Gasteiger partial charge on any atom is 0.269 e. The summed E-state index contributed by atoms with van der Waals surface area (Å²) in [5.74, 6) is 0.836. The summed E-state index contributed by atoms with van der Waals surface area (Å²) in [6, 6.07) is 6.82. The van der Waals surface area contributed by atoms with Crippen molar-refractivity contribution in [2.24, 2.45) is 0 Å². The normalized spacial score (nSPS) is 12.3. The van der Waals surface area contributed by atoms with Crippen molar-refractivity contribution in [3.05, 3.63) is 57.0 Å². The van der Waals surface area contributed by atoms with Gasteiger partial charge in [-0.1, -0.05) is 17.3 Å². The van der Waals surface area contributed by atoms with Crippen LogP contribution in [0.1, 0.15) is 35.5 Å². The van der Waals surface area contributed by atoms with Crippen LogP contribution in [-0.4, -0.2) is 16.6 Å². The Labute approximate surface area is 123 Å². The molecule has 0 radical (unpaired) electrons. The predicted octanol–water partition coefficient (Wildman–Crippen LogP) is 3.09. The molecule has 1 aromatic heterocycles. The van der Waals surface area contributed by atoms with Gasteiger partial charge in [0.1, 0.15) is 5.76 Å². The first-order valence-electron chi connectivity index (χ1n) is 6.88. The molecule has 1 N–H and O–H groups in total. The van der Waals surface area contributed by atoms with Gasteiger partial charge in [-0.05, 0) is 39.3 Å². The Morgan fingerprint density at radius 3 is 2.52 bits per heavy atom. The number of nitro groups is 1. The summed E-state index contributed by atoms with van der Waals surface area (Å²) in [5.41, 5.74) is 3.19. The SMILES string of the molecule is Cc1noc(C)c1C(C)NCCc1ccc([N+](=O)[O-])cc1. The van der Waals surface area contributed by atoms with Gasteiger partial charge in [-0.25, -0.2) is 0 Å². The fourth-order valence-electron chi connectivity index (χ4n) is 2.43. The standard InChI is InChI=1S/C15H19N3O3/c1-10(15-11(2)17-21-12(15)3)16-9-8-13-4-6-14(7-5-13)18(19)20/h4-7,10,16H,8-9H2,1-3H3. The molecule has 1 atom stereocenters. The Hall–Kier alpha value is -2.21. The van der Waals surface area contributed by atoms with Gasteiger partial charge in [-0.2, -0.15) is 0 Å². The van der Waals surface area contributed by atoms with Gasteiger partial charge >= 0.3 is 0 Å². The number of hydrogen-bond acceptors (Lipinski definition) is 5. The van der Waals surface area contributed by atoms with E-state index >= 15 is 0 Å². The van der Waals surface area contributed by atoms with Crippen LogP contribution in [0.2, 0.25) is 0 Å². The van der Waals surface area contributed by atoms with E-state index in [-0.39, 0.29) is 16.7 Å². The highest BCUT2D eigenvalue weighted by Crippen LogP contribution is 2.20. The van der Waals surface area contributed by atoms with Crippen molar-refractivity contribution in [3.63, 3.8) is 0 Å². The zero-order valence-corrected chi connectivity index (χ0v) is 12.4.